The molecule has 0 bridgehead atoms. The van der Waals surface area contributed by atoms with Crippen molar-refractivity contribution in [1.29, 1.82) is 0 Å². The fourth-order valence-corrected chi connectivity index (χ4v) is 7.22. The molecule has 5 atom stereocenters. The first-order valence-electron chi connectivity index (χ1n) is 16.5. The van der Waals surface area contributed by atoms with Crippen molar-refractivity contribution in [2.45, 2.75) is 75.4 Å². The van der Waals surface area contributed by atoms with Gasteiger partial charge in [-0.3, -0.25) is 4.79 Å². The average Bonchev–Trinajstić information content (AvgIpc) is 3.06. The van der Waals surface area contributed by atoms with Gasteiger partial charge in [0.05, 0.1) is 12.1 Å². The van der Waals surface area contributed by atoms with E-state index in [2.05, 4.69) is 20.9 Å². The van der Waals surface area contributed by atoms with Crippen molar-refractivity contribution in [3.63, 3.8) is 0 Å². The molecule has 3 unspecified atom stereocenters. The number of likely N-dealkylation sites (N-methyl/N-ethyl adjacent to an activating group) is 1. The molecule has 266 valence electrons. The van der Waals surface area contributed by atoms with Crippen molar-refractivity contribution in [3.8, 4) is 0 Å². The van der Waals surface area contributed by atoms with Crippen LogP contribution in [0.2, 0.25) is 5.02 Å². The van der Waals surface area contributed by atoms with Crippen molar-refractivity contribution >= 4 is 40.4 Å². The molecule has 2 aliphatic rings. The Hall–Kier alpha value is -2.68. The van der Waals surface area contributed by atoms with E-state index in [-0.39, 0.29) is 22.9 Å². The van der Waals surface area contributed by atoms with E-state index >= 15 is 4.39 Å². The van der Waals surface area contributed by atoms with Crippen molar-refractivity contribution in [1.82, 2.24) is 15.5 Å². The highest BCUT2D eigenvalue weighted by molar-refractivity contribution is 7.79. The minimum absolute atomic E-state index is 0.0539. The molecule has 14 heteroatoms. The molecule has 2 saturated heterocycles. The molecule has 2 amide bonds. The second-order valence-electron chi connectivity index (χ2n) is 12.7. The quantitative estimate of drug-likeness (QED) is 0.179. The summed E-state index contributed by atoms with van der Waals surface area (Å²) in [6, 6.07) is 8.02. The van der Waals surface area contributed by atoms with Crippen molar-refractivity contribution in [2.75, 3.05) is 51.5 Å². The first kappa shape index (κ1) is 38.1. The summed E-state index contributed by atoms with van der Waals surface area (Å²) >= 11 is 4.18. The average molecular weight is 713 g/mol. The summed E-state index contributed by atoms with van der Waals surface area (Å²) in [6.45, 7) is 2.74. The maximum absolute atomic E-state index is 15.3. The molecule has 4 N–H and O–H groups in total. The molecule has 0 saturated carbocycles. The molecule has 0 aliphatic carbocycles. The van der Waals surface area contributed by atoms with Crippen LogP contribution in [0.1, 0.15) is 62.0 Å². The Labute approximate surface area is 288 Å². The highest BCUT2D eigenvalue weighted by Crippen LogP contribution is 2.33. The number of halogens is 3. The summed E-state index contributed by atoms with van der Waals surface area (Å²) in [5.74, 6) is -1.71. The lowest BCUT2D eigenvalue weighted by Gasteiger charge is -2.38. The highest BCUT2D eigenvalue weighted by atomic mass is 35.5. The molecule has 2 aliphatic heterocycles. The largest absolute Gasteiger partial charge is 0.453 e. The van der Waals surface area contributed by atoms with Gasteiger partial charge < -0.3 is 34.9 Å². The summed E-state index contributed by atoms with van der Waals surface area (Å²) in [4.78, 5) is 28.8. The van der Waals surface area contributed by atoms with Crippen LogP contribution in [-0.2, 0) is 31.8 Å². The highest BCUT2D eigenvalue weighted by Gasteiger charge is 2.34. The fraction of sp³-hybridized carbons (Fsp3) is 0.588. The van der Waals surface area contributed by atoms with E-state index in [0.29, 0.717) is 68.2 Å². The monoisotopic (exact) mass is 712 g/mol. The number of carbonyl (C=O) groups excluding carboxylic acids is 2. The van der Waals surface area contributed by atoms with Crippen molar-refractivity contribution in [2.24, 2.45) is 5.92 Å². The first-order valence-corrected chi connectivity index (χ1v) is 18.2. The Bertz CT molecular complexity index is 1400. The number of benzene rings is 2. The zero-order chi connectivity index (χ0) is 34.6. The number of methoxy groups -OCH3 is 1. The molecular weight excluding hydrogens is 666 g/mol. The van der Waals surface area contributed by atoms with Gasteiger partial charge in [0.2, 0.25) is 5.91 Å². The lowest BCUT2D eigenvalue weighted by Crippen LogP contribution is -2.55. The van der Waals surface area contributed by atoms with Crippen LogP contribution < -0.4 is 16.0 Å². The van der Waals surface area contributed by atoms with Gasteiger partial charge in [-0.15, -0.1) is 0 Å². The van der Waals surface area contributed by atoms with E-state index in [1.807, 2.05) is 7.05 Å². The second kappa shape index (κ2) is 18.9. The molecule has 0 radical (unpaired) electrons. The number of hydrogen-bond acceptors (Lipinski definition) is 7. The normalized spacial score (nSPS) is 20.9. The van der Waals surface area contributed by atoms with E-state index in [4.69, 9.17) is 25.6 Å². The third-order valence-corrected chi connectivity index (χ3v) is 10.4. The van der Waals surface area contributed by atoms with Gasteiger partial charge in [0.25, 0.3) is 0 Å². The number of ether oxygens (including phenoxy) is 2. The first-order chi connectivity index (χ1) is 23.0. The van der Waals surface area contributed by atoms with E-state index < -0.39 is 46.7 Å². The van der Waals surface area contributed by atoms with Crippen LogP contribution in [0.4, 0.5) is 19.3 Å². The van der Waals surface area contributed by atoms with Gasteiger partial charge in [-0.2, -0.15) is 0 Å². The Kier molecular flexibility index (Phi) is 15.0. The number of rotatable bonds is 15. The molecule has 2 heterocycles. The van der Waals surface area contributed by atoms with Crippen LogP contribution in [0.5, 0.6) is 0 Å². The van der Waals surface area contributed by atoms with Crippen molar-refractivity contribution < 1.29 is 36.6 Å². The lowest BCUT2D eigenvalue weighted by molar-refractivity contribution is -0.118. The standard InChI is InChI=1S/C34H47ClF2N4O6S/c1-41-21-24(38-20-25(41)5-4-18-48(44)45)10-12-27-29(36)6-3-7-31(27)39-33(42)32(40-34(43)46-2)26(11-8-22-14-16-47-17-15-22)23-9-13-28(35)30(37)19-23/h3,6-7,9,13,19,22,24-26,32,38H,4-5,8,10-12,14-18,20-21H2,1-2H3,(H,39,42)(H,40,43)(H,44,45)/t24?,25?,26-,32+/m1/s1. The molecule has 2 aromatic rings. The summed E-state index contributed by atoms with van der Waals surface area (Å²) in [7, 11) is 3.22. The van der Waals surface area contributed by atoms with Crippen molar-refractivity contribution in [3.05, 3.63) is 64.2 Å². The Morgan fingerprint density at radius 3 is 2.62 bits per heavy atom. The van der Waals surface area contributed by atoms with Gasteiger partial charge in [-0.25, -0.2) is 17.8 Å². The summed E-state index contributed by atoms with van der Waals surface area (Å²) in [6.07, 6.45) is 4.49. The molecule has 4 rings (SSSR count). The smallest absolute Gasteiger partial charge is 0.407 e. The van der Waals surface area contributed by atoms with E-state index in [9.17, 15) is 18.2 Å². The van der Waals surface area contributed by atoms with E-state index in [1.165, 1.54) is 31.4 Å². The minimum atomic E-state index is -1.80. The molecule has 0 aromatic heterocycles. The molecule has 2 aromatic carbocycles. The number of alkyl carbamates (subject to hydrolysis) is 1. The van der Waals surface area contributed by atoms with E-state index in [0.717, 1.165) is 32.2 Å². The van der Waals surface area contributed by atoms with Gasteiger partial charge in [-0.05, 0) is 94.2 Å². The molecule has 2 fully saturated rings. The van der Waals surface area contributed by atoms with Crippen LogP contribution in [0.3, 0.4) is 0 Å². The number of carbonyl (C=O) groups is 2. The number of hydrogen-bond donors (Lipinski definition) is 4. The third kappa shape index (κ3) is 11.2. The Morgan fingerprint density at radius 2 is 1.94 bits per heavy atom. The summed E-state index contributed by atoms with van der Waals surface area (Å²) in [5, 5.41) is 8.99. The van der Waals surface area contributed by atoms with Gasteiger partial charge >= 0.3 is 6.09 Å². The lowest BCUT2D eigenvalue weighted by atomic mass is 9.82. The van der Waals surface area contributed by atoms with E-state index in [1.54, 1.807) is 12.1 Å². The zero-order valence-electron chi connectivity index (χ0n) is 27.5. The van der Waals surface area contributed by atoms with Gasteiger partial charge in [-0.1, -0.05) is 23.7 Å². The van der Waals surface area contributed by atoms with Gasteiger partial charge in [0.1, 0.15) is 17.7 Å². The number of amides is 2. The molecular formula is C34H47ClF2N4O6S. The van der Waals surface area contributed by atoms with Gasteiger partial charge in [0.15, 0.2) is 11.1 Å². The maximum Gasteiger partial charge on any atom is 0.407 e. The SMILES string of the molecule is COC(=O)N[C@H](C(=O)Nc1cccc(F)c1CCC1CN(C)C(CCCS(=O)O)CN1)[C@H](CCC1CCOCC1)c1ccc(Cl)c(F)c1. The van der Waals surface area contributed by atoms with Crippen LogP contribution in [0.25, 0.3) is 0 Å². The molecule has 0 spiro atoms. The number of piperazine rings is 1. The topological polar surface area (TPSA) is 129 Å². The number of anilines is 1. The molecule has 48 heavy (non-hydrogen) atoms. The van der Waals surface area contributed by atoms with Crippen LogP contribution in [-0.4, -0.2) is 90.0 Å². The molecule has 10 nitrogen and oxygen atoms in total. The third-order valence-electron chi connectivity index (χ3n) is 9.49. The Balaban J connectivity index is 1.50. The zero-order valence-corrected chi connectivity index (χ0v) is 29.1. The Morgan fingerprint density at radius 1 is 1.17 bits per heavy atom. The minimum Gasteiger partial charge on any atom is -0.453 e. The summed E-state index contributed by atoms with van der Waals surface area (Å²) < 4.78 is 60.4. The predicted molar refractivity (Wildman–Crippen MR) is 183 cm³/mol. The summed E-state index contributed by atoms with van der Waals surface area (Å²) in [5.41, 5.74) is 1.13. The second-order valence-corrected chi connectivity index (χ2v) is 14.1. The van der Waals surface area contributed by atoms with Crippen LogP contribution in [0, 0.1) is 17.6 Å². The maximum atomic E-state index is 15.3. The number of nitrogens with one attached hydrogen (secondary N) is 3. The van der Waals surface area contributed by atoms with Gasteiger partial charge in [0, 0.05) is 61.3 Å². The number of nitrogens with zero attached hydrogens (tertiary/aromatic N) is 1. The fourth-order valence-electron chi connectivity index (χ4n) is 6.69. The van der Waals surface area contributed by atoms with Crippen LogP contribution >= 0.6 is 11.6 Å². The van der Waals surface area contributed by atoms with Crippen LogP contribution in [0.15, 0.2) is 36.4 Å². The predicted octanol–water partition coefficient (Wildman–Crippen LogP) is 5.48.